The molecule has 0 saturated heterocycles. The van der Waals surface area contributed by atoms with Crippen LogP contribution in [0.1, 0.15) is 13.3 Å². The van der Waals surface area contributed by atoms with Crippen LogP contribution in [0.5, 0.6) is 0 Å². The lowest BCUT2D eigenvalue weighted by atomic mass is 10.2. The molecule has 0 spiro atoms. The van der Waals surface area contributed by atoms with Crippen molar-refractivity contribution in [3.05, 3.63) is 0 Å². The molecule has 0 aliphatic rings. The van der Waals surface area contributed by atoms with Crippen molar-refractivity contribution in [3.8, 4) is 0 Å². The van der Waals surface area contributed by atoms with Gasteiger partial charge in [-0.15, -0.1) is 0 Å². The Morgan fingerprint density at radius 3 is 2.28 bits per heavy atom. The zero-order chi connectivity index (χ0) is 14.0. The van der Waals surface area contributed by atoms with Crippen LogP contribution in [0, 0.1) is 0 Å². The monoisotopic (exact) mass is 274 g/mol. The summed E-state index contributed by atoms with van der Waals surface area (Å²) < 4.78 is 50.0. The van der Waals surface area contributed by atoms with Crippen molar-refractivity contribution < 1.29 is 37.3 Å². The Bertz CT molecular complexity index is 232. The molecule has 0 radical (unpaired) electrons. The summed E-state index contributed by atoms with van der Waals surface area (Å²) in [5, 5.41) is 8.58. The van der Waals surface area contributed by atoms with Gasteiger partial charge in [0.1, 0.15) is 6.61 Å². The minimum absolute atomic E-state index is 0.0704. The summed E-state index contributed by atoms with van der Waals surface area (Å²) in [7, 11) is 0. The Labute approximate surface area is 103 Å². The number of rotatable bonds is 9. The second kappa shape index (κ2) is 9.12. The van der Waals surface area contributed by atoms with Crippen LogP contribution < -0.4 is 0 Å². The molecular formula is C10H17F3O5. The van der Waals surface area contributed by atoms with Crippen LogP contribution in [0.15, 0.2) is 0 Å². The lowest BCUT2D eigenvalue weighted by Crippen LogP contribution is -2.31. The van der Waals surface area contributed by atoms with E-state index in [-0.39, 0.29) is 13.2 Å². The van der Waals surface area contributed by atoms with Gasteiger partial charge in [0.2, 0.25) is 0 Å². The Hall–Kier alpha value is -0.860. The topological polar surface area (TPSA) is 65.0 Å². The molecule has 0 unspecified atom stereocenters. The fourth-order valence-electron chi connectivity index (χ4n) is 0.911. The van der Waals surface area contributed by atoms with Gasteiger partial charge in [0.05, 0.1) is 26.2 Å². The number of aliphatic hydroxyl groups excluding tert-OH is 1. The van der Waals surface area contributed by atoms with E-state index in [0.29, 0.717) is 19.8 Å². The van der Waals surface area contributed by atoms with Gasteiger partial charge >= 0.3 is 12.1 Å². The highest BCUT2D eigenvalue weighted by Gasteiger charge is 2.39. The smallest absolute Gasteiger partial charge is 0.414 e. The SMILES string of the molecule is CCOCCOCCOC(=O)C[C@@H](O)C(F)(F)F. The molecule has 1 N–H and O–H groups in total. The lowest BCUT2D eigenvalue weighted by molar-refractivity contribution is -0.209. The Kier molecular flexibility index (Phi) is 8.69. The quantitative estimate of drug-likeness (QED) is 0.500. The van der Waals surface area contributed by atoms with Crippen molar-refractivity contribution in [2.24, 2.45) is 0 Å². The molecule has 0 aromatic heterocycles. The summed E-state index contributed by atoms with van der Waals surface area (Å²) >= 11 is 0. The third-order valence-electron chi connectivity index (χ3n) is 1.80. The zero-order valence-electron chi connectivity index (χ0n) is 10.0. The molecule has 18 heavy (non-hydrogen) atoms. The fourth-order valence-corrected chi connectivity index (χ4v) is 0.911. The van der Waals surface area contributed by atoms with Crippen molar-refractivity contribution in [3.63, 3.8) is 0 Å². The molecule has 5 nitrogen and oxygen atoms in total. The molecule has 0 aliphatic carbocycles. The molecule has 0 rings (SSSR count). The van der Waals surface area contributed by atoms with Gasteiger partial charge in [0.25, 0.3) is 0 Å². The third-order valence-corrected chi connectivity index (χ3v) is 1.80. The molecule has 0 aromatic rings. The van der Waals surface area contributed by atoms with Crippen molar-refractivity contribution in [1.29, 1.82) is 0 Å². The Morgan fingerprint density at radius 2 is 1.72 bits per heavy atom. The van der Waals surface area contributed by atoms with Crippen molar-refractivity contribution in [2.45, 2.75) is 25.6 Å². The first-order chi connectivity index (χ1) is 8.38. The largest absolute Gasteiger partial charge is 0.463 e. The molecule has 0 saturated carbocycles. The lowest BCUT2D eigenvalue weighted by Gasteiger charge is -2.13. The van der Waals surface area contributed by atoms with E-state index in [0.717, 1.165) is 0 Å². The van der Waals surface area contributed by atoms with Crippen molar-refractivity contribution >= 4 is 5.97 Å². The molecular weight excluding hydrogens is 257 g/mol. The van der Waals surface area contributed by atoms with Crippen molar-refractivity contribution in [1.82, 2.24) is 0 Å². The normalized spacial score (nSPS) is 13.4. The summed E-state index contributed by atoms with van der Waals surface area (Å²) in [4.78, 5) is 10.9. The van der Waals surface area contributed by atoms with Crippen LogP contribution in [0.2, 0.25) is 0 Å². The standard InChI is InChI=1S/C10H17F3O5/c1-2-16-3-4-17-5-6-18-9(15)7-8(14)10(11,12)13/h8,14H,2-7H2,1H3/t8-/m1/s1. The first kappa shape index (κ1) is 17.1. The second-order valence-electron chi connectivity index (χ2n) is 3.29. The van der Waals surface area contributed by atoms with E-state index in [1.54, 1.807) is 0 Å². The van der Waals surface area contributed by atoms with Gasteiger partial charge in [-0.3, -0.25) is 4.79 Å². The van der Waals surface area contributed by atoms with Crippen LogP contribution in [0.25, 0.3) is 0 Å². The van der Waals surface area contributed by atoms with Crippen LogP contribution in [0.3, 0.4) is 0 Å². The van der Waals surface area contributed by atoms with Crippen molar-refractivity contribution in [2.75, 3.05) is 33.0 Å². The number of esters is 1. The van der Waals surface area contributed by atoms with E-state index in [9.17, 15) is 18.0 Å². The molecule has 0 aromatic carbocycles. The van der Waals surface area contributed by atoms with Gasteiger partial charge in [0.15, 0.2) is 6.10 Å². The minimum atomic E-state index is -4.81. The van der Waals surface area contributed by atoms with Crippen LogP contribution in [-0.4, -0.2) is 56.4 Å². The van der Waals surface area contributed by atoms with Crippen LogP contribution in [-0.2, 0) is 19.0 Å². The zero-order valence-corrected chi connectivity index (χ0v) is 10.0. The number of carbonyl (C=O) groups is 1. The average Bonchev–Trinajstić information content (AvgIpc) is 2.26. The molecule has 108 valence electrons. The van der Waals surface area contributed by atoms with Gasteiger partial charge in [-0.05, 0) is 6.92 Å². The van der Waals surface area contributed by atoms with E-state index in [1.807, 2.05) is 6.92 Å². The van der Waals surface area contributed by atoms with Crippen LogP contribution >= 0.6 is 0 Å². The van der Waals surface area contributed by atoms with E-state index in [1.165, 1.54) is 0 Å². The van der Waals surface area contributed by atoms with Gasteiger partial charge < -0.3 is 19.3 Å². The predicted molar refractivity (Wildman–Crippen MR) is 54.9 cm³/mol. The number of ether oxygens (including phenoxy) is 3. The Balaban J connectivity index is 3.48. The van der Waals surface area contributed by atoms with E-state index < -0.39 is 24.7 Å². The summed E-state index contributed by atoms with van der Waals surface area (Å²) in [5.74, 6) is -1.12. The van der Waals surface area contributed by atoms with Gasteiger partial charge in [-0.1, -0.05) is 0 Å². The first-order valence-corrected chi connectivity index (χ1v) is 5.43. The number of aliphatic hydroxyl groups is 1. The molecule has 8 heteroatoms. The molecule has 0 bridgehead atoms. The summed E-state index contributed by atoms with van der Waals surface area (Å²) in [6.07, 6.45) is -8.61. The van der Waals surface area contributed by atoms with E-state index in [4.69, 9.17) is 14.6 Å². The van der Waals surface area contributed by atoms with E-state index >= 15 is 0 Å². The number of hydrogen-bond donors (Lipinski definition) is 1. The first-order valence-electron chi connectivity index (χ1n) is 5.43. The van der Waals surface area contributed by atoms with Gasteiger partial charge in [-0.2, -0.15) is 13.2 Å². The molecule has 1 atom stereocenters. The number of halogens is 3. The summed E-state index contributed by atoms with van der Waals surface area (Å²) in [6.45, 7) is 3.02. The van der Waals surface area contributed by atoms with E-state index in [2.05, 4.69) is 4.74 Å². The highest BCUT2D eigenvalue weighted by molar-refractivity contribution is 5.70. The minimum Gasteiger partial charge on any atom is -0.463 e. The Morgan fingerprint density at radius 1 is 1.17 bits per heavy atom. The molecule has 0 aliphatic heterocycles. The average molecular weight is 274 g/mol. The molecule has 0 amide bonds. The van der Waals surface area contributed by atoms with Crippen LogP contribution in [0.4, 0.5) is 13.2 Å². The second-order valence-corrected chi connectivity index (χ2v) is 3.29. The summed E-state index contributed by atoms with van der Waals surface area (Å²) in [5.41, 5.74) is 0. The van der Waals surface area contributed by atoms with Gasteiger partial charge in [-0.25, -0.2) is 0 Å². The maximum Gasteiger partial charge on any atom is 0.414 e. The van der Waals surface area contributed by atoms with Gasteiger partial charge in [0, 0.05) is 6.61 Å². The number of alkyl halides is 3. The maximum atomic E-state index is 11.9. The number of carbonyl (C=O) groups excluding carboxylic acids is 1. The highest BCUT2D eigenvalue weighted by Crippen LogP contribution is 2.22. The predicted octanol–water partition coefficient (Wildman–Crippen LogP) is 0.896. The number of hydrogen-bond acceptors (Lipinski definition) is 5. The highest BCUT2D eigenvalue weighted by atomic mass is 19.4. The molecule has 0 fully saturated rings. The fraction of sp³-hybridized carbons (Fsp3) is 0.900. The summed E-state index contributed by atoms with van der Waals surface area (Å²) in [6, 6.07) is 0. The third kappa shape index (κ3) is 9.20. The maximum absolute atomic E-state index is 11.9. The molecule has 0 heterocycles.